The van der Waals surface area contributed by atoms with Crippen LogP contribution in [0.3, 0.4) is 0 Å². The van der Waals surface area contributed by atoms with Gasteiger partial charge in [0.05, 0.1) is 11.6 Å². The highest BCUT2D eigenvalue weighted by molar-refractivity contribution is 5.37. The molecule has 2 atom stereocenters. The second-order valence-electron chi connectivity index (χ2n) is 6.68. The number of rotatable bonds is 2. The molecule has 0 aromatic heterocycles. The van der Waals surface area contributed by atoms with E-state index in [1.807, 2.05) is 12.1 Å². The van der Waals surface area contributed by atoms with E-state index in [9.17, 15) is 0 Å². The van der Waals surface area contributed by atoms with Gasteiger partial charge in [-0.25, -0.2) is 0 Å². The van der Waals surface area contributed by atoms with Gasteiger partial charge in [0.1, 0.15) is 0 Å². The fourth-order valence-corrected chi connectivity index (χ4v) is 3.79. The quantitative estimate of drug-likeness (QED) is 0.836. The highest BCUT2D eigenvalue weighted by Gasteiger charge is 2.32. The van der Waals surface area contributed by atoms with Crippen molar-refractivity contribution in [3.63, 3.8) is 0 Å². The Kier molecular flexibility index (Phi) is 4.28. The van der Waals surface area contributed by atoms with Crippen molar-refractivity contribution in [2.45, 2.75) is 51.7 Å². The lowest BCUT2D eigenvalue weighted by atomic mass is 9.96. The molecule has 0 N–H and O–H groups in total. The van der Waals surface area contributed by atoms with E-state index in [0.29, 0.717) is 6.04 Å². The number of fused-ring (bicyclic) bond motifs is 1. The molecule has 2 fully saturated rings. The van der Waals surface area contributed by atoms with Gasteiger partial charge in [0.2, 0.25) is 0 Å². The van der Waals surface area contributed by atoms with Crippen LogP contribution in [0, 0.1) is 18.3 Å². The third kappa shape index (κ3) is 3.12. The van der Waals surface area contributed by atoms with Gasteiger partial charge in [0.25, 0.3) is 0 Å². The Balaban J connectivity index is 1.71. The molecular weight excluding hydrogens is 258 g/mol. The van der Waals surface area contributed by atoms with Gasteiger partial charge in [-0.1, -0.05) is 12.5 Å². The highest BCUT2D eigenvalue weighted by Crippen LogP contribution is 2.25. The fourth-order valence-electron chi connectivity index (χ4n) is 3.79. The number of nitrogens with zero attached hydrogens (tertiary/aromatic N) is 3. The monoisotopic (exact) mass is 283 g/mol. The van der Waals surface area contributed by atoms with Crippen LogP contribution < -0.4 is 0 Å². The van der Waals surface area contributed by atoms with Crippen molar-refractivity contribution in [3.8, 4) is 6.07 Å². The second kappa shape index (κ2) is 6.17. The molecule has 0 amide bonds. The molecule has 2 aliphatic heterocycles. The third-order valence-corrected chi connectivity index (χ3v) is 5.16. The minimum absolute atomic E-state index is 0.620. The maximum Gasteiger partial charge on any atom is 0.0991 e. The maximum atomic E-state index is 8.98. The summed E-state index contributed by atoms with van der Waals surface area (Å²) in [4.78, 5) is 5.32. The van der Waals surface area contributed by atoms with Gasteiger partial charge < -0.3 is 0 Å². The molecule has 3 rings (SSSR count). The summed E-state index contributed by atoms with van der Waals surface area (Å²) in [6.07, 6.45) is 4.12. The Morgan fingerprint density at radius 3 is 2.90 bits per heavy atom. The van der Waals surface area contributed by atoms with Crippen LogP contribution in [0.1, 0.15) is 42.9 Å². The summed E-state index contributed by atoms with van der Waals surface area (Å²) in [5.74, 6) is 0. The van der Waals surface area contributed by atoms with E-state index >= 15 is 0 Å². The summed E-state index contributed by atoms with van der Waals surface area (Å²) < 4.78 is 0. The molecule has 3 heteroatoms. The Labute approximate surface area is 128 Å². The topological polar surface area (TPSA) is 30.3 Å². The fraction of sp³-hybridized carbons (Fsp3) is 0.611. The summed E-state index contributed by atoms with van der Waals surface area (Å²) in [7, 11) is 0. The zero-order chi connectivity index (χ0) is 14.8. The molecule has 0 radical (unpaired) electrons. The van der Waals surface area contributed by atoms with Gasteiger partial charge >= 0.3 is 0 Å². The van der Waals surface area contributed by atoms with E-state index in [1.54, 1.807) is 0 Å². The largest absolute Gasteiger partial charge is 0.298 e. The normalized spacial score (nSPS) is 27.1. The van der Waals surface area contributed by atoms with Crippen LogP contribution in [0.15, 0.2) is 18.2 Å². The predicted octanol–water partition coefficient (Wildman–Crippen LogP) is 2.93. The number of benzene rings is 1. The van der Waals surface area contributed by atoms with Crippen molar-refractivity contribution in [2.24, 2.45) is 0 Å². The molecule has 2 heterocycles. The van der Waals surface area contributed by atoms with Gasteiger partial charge in [-0.2, -0.15) is 5.26 Å². The van der Waals surface area contributed by atoms with Crippen molar-refractivity contribution in [1.29, 1.82) is 5.26 Å². The minimum Gasteiger partial charge on any atom is -0.298 e. The molecular formula is C18H25N3. The van der Waals surface area contributed by atoms with Gasteiger partial charge in [0, 0.05) is 31.7 Å². The predicted molar refractivity (Wildman–Crippen MR) is 85.0 cm³/mol. The Bertz CT molecular complexity index is 546. The lowest BCUT2D eigenvalue weighted by Crippen LogP contribution is -2.58. The first-order chi connectivity index (χ1) is 10.2. The first-order valence-electron chi connectivity index (χ1n) is 8.15. The van der Waals surface area contributed by atoms with Crippen LogP contribution in [0.25, 0.3) is 0 Å². The summed E-state index contributed by atoms with van der Waals surface area (Å²) in [5.41, 5.74) is 3.37. The lowest BCUT2D eigenvalue weighted by Gasteiger charge is -2.47. The maximum absolute atomic E-state index is 8.98. The van der Waals surface area contributed by atoms with Crippen LogP contribution in [-0.4, -0.2) is 41.5 Å². The molecule has 0 aliphatic carbocycles. The first-order valence-corrected chi connectivity index (χ1v) is 8.15. The van der Waals surface area contributed by atoms with Gasteiger partial charge in [0.15, 0.2) is 0 Å². The van der Waals surface area contributed by atoms with Crippen molar-refractivity contribution in [3.05, 3.63) is 34.9 Å². The summed E-state index contributed by atoms with van der Waals surface area (Å²) >= 11 is 0. The highest BCUT2D eigenvalue weighted by atomic mass is 15.3. The van der Waals surface area contributed by atoms with E-state index < -0.39 is 0 Å². The van der Waals surface area contributed by atoms with Gasteiger partial charge in [-0.3, -0.25) is 9.80 Å². The number of piperazine rings is 1. The van der Waals surface area contributed by atoms with E-state index in [1.165, 1.54) is 50.0 Å². The number of piperidine rings is 1. The molecule has 2 unspecified atom stereocenters. The zero-order valence-electron chi connectivity index (χ0n) is 13.2. The lowest BCUT2D eigenvalue weighted by molar-refractivity contribution is 0.0110. The van der Waals surface area contributed by atoms with E-state index in [2.05, 4.69) is 35.8 Å². The van der Waals surface area contributed by atoms with Gasteiger partial charge in [-0.15, -0.1) is 0 Å². The standard InChI is InChI=1S/C18H25N3/c1-14-9-16(10-19)6-7-17(14)12-21-13-18-5-3-4-8-20(18)11-15(21)2/h6-7,9,15,18H,3-5,8,11-13H2,1-2H3. The smallest absolute Gasteiger partial charge is 0.0991 e. The molecule has 1 aromatic rings. The summed E-state index contributed by atoms with van der Waals surface area (Å²) in [5, 5.41) is 8.98. The van der Waals surface area contributed by atoms with Crippen molar-refractivity contribution in [2.75, 3.05) is 19.6 Å². The molecule has 0 saturated carbocycles. The number of hydrogen-bond donors (Lipinski definition) is 0. The molecule has 2 saturated heterocycles. The number of hydrogen-bond acceptors (Lipinski definition) is 3. The Morgan fingerprint density at radius 1 is 1.29 bits per heavy atom. The molecule has 0 spiro atoms. The van der Waals surface area contributed by atoms with E-state index in [-0.39, 0.29) is 0 Å². The van der Waals surface area contributed by atoms with E-state index in [4.69, 9.17) is 5.26 Å². The van der Waals surface area contributed by atoms with Crippen molar-refractivity contribution in [1.82, 2.24) is 9.80 Å². The average molecular weight is 283 g/mol. The SMILES string of the molecule is Cc1cc(C#N)ccc1CN1CC2CCCCN2CC1C. The van der Waals surface area contributed by atoms with Gasteiger partial charge in [-0.05, 0) is 56.5 Å². The second-order valence-corrected chi connectivity index (χ2v) is 6.68. The molecule has 1 aromatic carbocycles. The molecule has 2 aliphatic rings. The average Bonchev–Trinajstić information content (AvgIpc) is 2.49. The third-order valence-electron chi connectivity index (χ3n) is 5.16. The van der Waals surface area contributed by atoms with Crippen LogP contribution in [0.5, 0.6) is 0 Å². The summed E-state index contributed by atoms with van der Waals surface area (Å²) in [6.45, 7) is 9.18. The molecule has 3 nitrogen and oxygen atoms in total. The van der Waals surface area contributed by atoms with Crippen molar-refractivity contribution < 1.29 is 0 Å². The van der Waals surface area contributed by atoms with E-state index in [0.717, 1.165) is 18.2 Å². The Hall–Kier alpha value is -1.37. The molecule has 0 bridgehead atoms. The Morgan fingerprint density at radius 2 is 2.14 bits per heavy atom. The first kappa shape index (κ1) is 14.6. The van der Waals surface area contributed by atoms with Crippen LogP contribution in [0.4, 0.5) is 0 Å². The molecule has 112 valence electrons. The number of aryl methyl sites for hydroxylation is 1. The zero-order valence-corrected chi connectivity index (χ0v) is 13.2. The minimum atomic E-state index is 0.620. The van der Waals surface area contributed by atoms with Crippen LogP contribution in [-0.2, 0) is 6.54 Å². The number of nitriles is 1. The molecule has 21 heavy (non-hydrogen) atoms. The van der Waals surface area contributed by atoms with Crippen LogP contribution >= 0.6 is 0 Å². The van der Waals surface area contributed by atoms with Crippen LogP contribution in [0.2, 0.25) is 0 Å². The van der Waals surface area contributed by atoms with Crippen molar-refractivity contribution >= 4 is 0 Å². The summed E-state index contributed by atoms with van der Waals surface area (Å²) in [6, 6.07) is 9.69.